The second-order valence-corrected chi connectivity index (χ2v) is 0.250. The first-order valence-electron chi connectivity index (χ1n) is 0.978. The zero-order chi connectivity index (χ0) is 7.58. The van der Waals surface area contributed by atoms with E-state index in [1.807, 2.05) is 0 Å². The van der Waals surface area contributed by atoms with Crippen LogP contribution in [0.15, 0.2) is 0 Å². The number of carboxylic acid groups (broad SMARTS) is 2. The summed E-state index contributed by atoms with van der Waals surface area (Å²) in [6, 6.07) is 0. The van der Waals surface area contributed by atoms with Gasteiger partial charge in [0.15, 0.2) is 0 Å². The molecule has 0 aromatic heterocycles. The molecule has 0 amide bonds. The van der Waals surface area contributed by atoms with Crippen LogP contribution in [0.2, 0.25) is 0 Å². The molecule has 0 saturated carbocycles. The van der Waals surface area contributed by atoms with E-state index in [0.29, 0.717) is 0 Å². The van der Waals surface area contributed by atoms with Crippen molar-refractivity contribution < 1.29 is 15.0 Å². The van der Waals surface area contributed by atoms with Crippen molar-refractivity contribution in [1.82, 2.24) is 0 Å². The third-order valence-electron chi connectivity index (χ3n) is 0. The van der Waals surface area contributed by atoms with E-state index in [4.69, 9.17) is 15.0 Å². The predicted octanol–water partition coefficient (Wildman–Crippen LogP) is -1.91. The molecule has 4 radical (unpaired) electrons. The molecule has 44 valence electrons. The van der Waals surface area contributed by atoms with Gasteiger partial charge in [-0.05, 0) is 6.16 Å². The zero-order valence-corrected chi connectivity index (χ0v) is 12.0. The van der Waals surface area contributed by atoms with Crippen molar-refractivity contribution in [3.63, 3.8) is 0 Å². The van der Waals surface area contributed by atoms with Gasteiger partial charge in [0.25, 0.3) is 0 Å². The molecule has 0 aromatic rings. The van der Waals surface area contributed by atoms with Crippen molar-refractivity contribution >= 4 is 69.2 Å². The molecule has 7 heteroatoms. The van der Waals surface area contributed by atoms with Crippen LogP contribution in [0.1, 0.15) is 0 Å². The Balaban J connectivity index is -0.0000000542. The summed E-state index contributed by atoms with van der Waals surface area (Å²) in [6.45, 7) is 0. The molecule has 0 aliphatic heterocycles. The summed E-state index contributed by atoms with van der Waals surface area (Å²) in [6.07, 6.45) is -2.33. The minimum absolute atomic E-state index is 1.03. The van der Waals surface area contributed by atoms with E-state index in [1.54, 1.807) is 0 Å². The van der Waals surface area contributed by atoms with Crippen LogP contribution in [0.25, 0.3) is 0 Å². The topological polar surface area (TPSA) is 63.2 Å². The first-order valence-corrected chi connectivity index (χ1v) is 10.2. The monoisotopic (exact) mass is 542 g/mol. The van der Waals surface area contributed by atoms with Crippen LogP contribution in [0.4, 0.5) is 4.79 Å². The molecule has 0 rings (SSSR count). The van der Waals surface area contributed by atoms with E-state index >= 15 is 0 Å². The van der Waals surface area contributed by atoms with Gasteiger partial charge >= 0.3 is 63.1 Å². The fourth-order valence-corrected chi connectivity index (χ4v) is 0. The van der Waals surface area contributed by atoms with Gasteiger partial charge in [0.05, 0.1) is 0 Å². The molecule has 0 heterocycles. The summed E-state index contributed by atoms with van der Waals surface area (Å²) >= 11 is 2.06. The van der Waals surface area contributed by atoms with Crippen molar-refractivity contribution in [2.24, 2.45) is 0 Å². The molecule has 0 atom stereocenters. The molecule has 0 unspecified atom stereocenters. The Bertz CT molecular complexity index is 53.2. The number of carbonyl (C=O) groups is 1. The van der Waals surface area contributed by atoms with Crippen LogP contribution in [0.5, 0.6) is 0 Å². The standard InChI is InChI=1S/CH2O3.2Bi.2S/c2-1(3)4;;;;/h(H2,2,3,4);;;;/q;2*+1;;/p-2. The number of hydrogen-bond donors (Lipinski definition) is 0. The molecular formula is CBi2O3S2. The van der Waals surface area contributed by atoms with Crippen LogP contribution in [-0.4, -0.2) is 51.5 Å². The average molecular weight is 542 g/mol. The van der Waals surface area contributed by atoms with Gasteiger partial charge in [-0.25, -0.2) is 0 Å². The van der Waals surface area contributed by atoms with Gasteiger partial charge < -0.3 is 15.0 Å². The molecule has 0 fully saturated rings. The molecule has 0 N–H and O–H groups in total. The van der Waals surface area contributed by atoms with Crippen molar-refractivity contribution in [3.8, 4) is 0 Å². The van der Waals surface area contributed by atoms with E-state index in [9.17, 15) is 0 Å². The van der Waals surface area contributed by atoms with Gasteiger partial charge in [-0.3, -0.25) is 0 Å². The van der Waals surface area contributed by atoms with Gasteiger partial charge in [0.1, 0.15) is 0 Å². The van der Waals surface area contributed by atoms with Gasteiger partial charge in [0.2, 0.25) is 0 Å². The summed E-state index contributed by atoms with van der Waals surface area (Å²) in [5.41, 5.74) is 0. The Labute approximate surface area is 83.0 Å². The van der Waals surface area contributed by atoms with E-state index in [-0.39, 0.29) is 0 Å². The normalized spacial score (nSPS) is 4.00. The summed E-state index contributed by atoms with van der Waals surface area (Å²) in [5.74, 6) is 0. The summed E-state index contributed by atoms with van der Waals surface area (Å²) < 4.78 is 0. The fraction of sp³-hybridized carbons (Fsp3) is 0. The fourth-order valence-electron chi connectivity index (χ4n) is 0. The van der Waals surface area contributed by atoms with Crippen LogP contribution in [-0.2, 0) is 0 Å². The van der Waals surface area contributed by atoms with Crippen LogP contribution in [0, 0.1) is 0 Å². The Morgan fingerprint density at radius 2 is 1.12 bits per heavy atom. The third kappa shape index (κ3) is 144. The minimum atomic E-state index is -2.33. The van der Waals surface area contributed by atoms with E-state index in [1.165, 1.54) is 0 Å². The Kier molecular flexibility index (Phi) is 48.0. The number of rotatable bonds is 0. The quantitative estimate of drug-likeness (QED) is 0.335. The van der Waals surface area contributed by atoms with Crippen LogP contribution in [0.3, 0.4) is 0 Å². The van der Waals surface area contributed by atoms with Crippen molar-refractivity contribution in [2.75, 3.05) is 0 Å². The third-order valence-corrected chi connectivity index (χ3v) is 0. The second-order valence-electron chi connectivity index (χ2n) is 0.250. The first-order chi connectivity index (χ1) is 3.73. The zero-order valence-electron chi connectivity index (χ0n) is 3.44. The summed E-state index contributed by atoms with van der Waals surface area (Å²) in [7, 11) is 8.39. The maximum atomic E-state index is 8.33. The van der Waals surface area contributed by atoms with Gasteiger partial charge in [-0.2, -0.15) is 0 Å². The Morgan fingerprint density at radius 1 is 1.12 bits per heavy atom. The molecule has 0 aliphatic rings. The predicted molar refractivity (Wildman–Crippen MR) is 32.1 cm³/mol. The molecule has 0 saturated heterocycles. The number of carbonyl (C=O) groups excluding carboxylic acids is 1. The Hall–Kier alpha value is 1.48. The maximum absolute atomic E-state index is 8.33. The van der Waals surface area contributed by atoms with Crippen LogP contribution >= 0.6 is 17.7 Å². The molecule has 0 aliphatic carbocycles. The van der Waals surface area contributed by atoms with E-state index in [2.05, 4.69) is 17.7 Å². The second kappa shape index (κ2) is 23.6. The molecule has 0 spiro atoms. The SMILES string of the molecule is O=C([O-])[O-].[S]=[Bi+].[S]=[Bi+]. The first kappa shape index (κ1) is 16.2. The molecule has 3 nitrogen and oxygen atoms in total. The van der Waals surface area contributed by atoms with Crippen molar-refractivity contribution in [2.45, 2.75) is 0 Å². The average Bonchev–Trinajstić information content (AvgIpc) is 1.75. The Morgan fingerprint density at radius 3 is 1.12 bits per heavy atom. The molecule has 0 aromatic carbocycles. The summed E-state index contributed by atoms with van der Waals surface area (Å²) in [4.78, 5) is 8.33. The number of hydrogen-bond acceptors (Lipinski definition) is 5. The van der Waals surface area contributed by atoms with Crippen LogP contribution < -0.4 is 10.2 Å². The molecular weight excluding hydrogens is 542 g/mol. The summed E-state index contributed by atoms with van der Waals surface area (Å²) in [5, 5.41) is 16.7. The van der Waals surface area contributed by atoms with E-state index in [0.717, 1.165) is 45.4 Å². The van der Waals surface area contributed by atoms with Crippen molar-refractivity contribution in [1.29, 1.82) is 0 Å². The van der Waals surface area contributed by atoms with Gasteiger partial charge in [-0.15, -0.1) is 0 Å². The van der Waals surface area contributed by atoms with Gasteiger partial charge in [-0.1, -0.05) is 0 Å². The van der Waals surface area contributed by atoms with Crippen molar-refractivity contribution in [3.05, 3.63) is 0 Å². The molecule has 8 heavy (non-hydrogen) atoms. The van der Waals surface area contributed by atoms with E-state index < -0.39 is 6.16 Å². The van der Waals surface area contributed by atoms with Gasteiger partial charge in [0, 0.05) is 0 Å². The molecule has 0 bridgehead atoms.